The van der Waals surface area contributed by atoms with Gasteiger partial charge in [-0.15, -0.1) is 11.3 Å². The Balaban J connectivity index is 1.55. The number of benzene rings is 1. The van der Waals surface area contributed by atoms with Crippen LogP contribution in [-0.2, 0) is 12.0 Å². The summed E-state index contributed by atoms with van der Waals surface area (Å²) in [4.78, 5) is 10.1. The highest BCUT2D eigenvalue weighted by Gasteiger charge is 2.44. The Morgan fingerprint density at radius 1 is 1.25 bits per heavy atom. The third-order valence-electron chi connectivity index (χ3n) is 4.61. The molecule has 1 fully saturated rings. The molecule has 6 heteroatoms. The molecule has 0 amide bonds. The summed E-state index contributed by atoms with van der Waals surface area (Å²) in [5, 5.41) is 7.78. The van der Waals surface area contributed by atoms with Gasteiger partial charge >= 0.3 is 0 Å². The molecular weight excluding hydrogens is 323 g/mol. The average Bonchev–Trinajstić information content (AvgIpc) is 3.29. The van der Waals surface area contributed by atoms with Crippen molar-refractivity contribution in [2.45, 2.75) is 38.6 Å². The molecule has 2 aromatic rings. The van der Waals surface area contributed by atoms with Crippen molar-refractivity contribution in [2.24, 2.45) is 4.99 Å². The zero-order valence-electron chi connectivity index (χ0n) is 14.3. The fourth-order valence-corrected chi connectivity index (χ4v) is 3.64. The molecule has 0 atom stereocenters. The van der Waals surface area contributed by atoms with Crippen LogP contribution in [0.25, 0.3) is 0 Å². The standard InChI is InChI=1S/C18H23FN4S/c1-12-13(2)24-16(23-12)10-21-17(20-3)22-11-18(8-9-18)14-4-6-15(19)7-5-14/h4-7H,8-11H2,1-3H3,(H2,20,21,22). The minimum atomic E-state index is -0.186. The van der Waals surface area contributed by atoms with Crippen LogP contribution in [0.3, 0.4) is 0 Å². The first-order valence-electron chi connectivity index (χ1n) is 8.16. The summed E-state index contributed by atoms with van der Waals surface area (Å²) >= 11 is 1.71. The molecular formula is C18H23FN4S. The van der Waals surface area contributed by atoms with E-state index >= 15 is 0 Å². The summed E-state index contributed by atoms with van der Waals surface area (Å²) in [7, 11) is 1.77. The molecule has 0 radical (unpaired) electrons. The number of hydrogen-bond acceptors (Lipinski definition) is 3. The number of hydrogen-bond donors (Lipinski definition) is 2. The molecule has 3 rings (SSSR count). The molecule has 128 valence electrons. The lowest BCUT2D eigenvalue weighted by atomic mass is 9.96. The lowest BCUT2D eigenvalue weighted by Crippen LogP contribution is -2.40. The van der Waals surface area contributed by atoms with Crippen molar-refractivity contribution in [3.8, 4) is 0 Å². The molecule has 1 aromatic heterocycles. The molecule has 0 bridgehead atoms. The summed E-state index contributed by atoms with van der Waals surface area (Å²) in [5.74, 6) is 0.586. The van der Waals surface area contributed by atoms with E-state index in [1.807, 2.05) is 19.1 Å². The summed E-state index contributed by atoms with van der Waals surface area (Å²) in [6.45, 7) is 5.59. The zero-order chi connectivity index (χ0) is 17.2. The topological polar surface area (TPSA) is 49.3 Å². The highest BCUT2D eigenvalue weighted by molar-refractivity contribution is 7.11. The Bertz CT molecular complexity index is 712. The van der Waals surface area contributed by atoms with Gasteiger partial charge in [0.05, 0.1) is 12.2 Å². The van der Waals surface area contributed by atoms with Gasteiger partial charge in [0.2, 0.25) is 0 Å². The van der Waals surface area contributed by atoms with Crippen LogP contribution in [0.5, 0.6) is 0 Å². The molecule has 1 aromatic carbocycles. The maximum atomic E-state index is 13.1. The van der Waals surface area contributed by atoms with E-state index in [1.165, 1.54) is 22.6 Å². The van der Waals surface area contributed by atoms with E-state index in [2.05, 4.69) is 27.5 Å². The Morgan fingerprint density at radius 2 is 1.96 bits per heavy atom. The third-order valence-corrected chi connectivity index (χ3v) is 5.68. The van der Waals surface area contributed by atoms with E-state index in [-0.39, 0.29) is 11.2 Å². The van der Waals surface area contributed by atoms with Crippen LogP contribution < -0.4 is 10.6 Å². The quantitative estimate of drug-likeness (QED) is 0.645. The minimum Gasteiger partial charge on any atom is -0.356 e. The van der Waals surface area contributed by atoms with Crippen molar-refractivity contribution in [1.82, 2.24) is 15.6 Å². The molecule has 2 N–H and O–H groups in total. The number of thiazole rings is 1. The van der Waals surface area contributed by atoms with Gasteiger partial charge in [-0.2, -0.15) is 0 Å². The number of aromatic nitrogens is 1. The summed E-state index contributed by atoms with van der Waals surface area (Å²) < 4.78 is 13.1. The van der Waals surface area contributed by atoms with Gasteiger partial charge in [-0.25, -0.2) is 9.37 Å². The van der Waals surface area contributed by atoms with Crippen LogP contribution in [-0.4, -0.2) is 24.5 Å². The fourth-order valence-electron chi connectivity index (χ4n) is 2.77. The number of halogens is 1. The molecule has 0 spiro atoms. The van der Waals surface area contributed by atoms with Gasteiger partial charge in [-0.1, -0.05) is 12.1 Å². The molecule has 24 heavy (non-hydrogen) atoms. The van der Waals surface area contributed by atoms with E-state index in [9.17, 15) is 4.39 Å². The average molecular weight is 346 g/mol. The van der Waals surface area contributed by atoms with Crippen molar-refractivity contribution in [2.75, 3.05) is 13.6 Å². The number of nitrogens with one attached hydrogen (secondary N) is 2. The van der Waals surface area contributed by atoms with Crippen molar-refractivity contribution < 1.29 is 4.39 Å². The van der Waals surface area contributed by atoms with Crippen LogP contribution in [0.4, 0.5) is 4.39 Å². The Morgan fingerprint density at radius 3 is 2.50 bits per heavy atom. The summed E-state index contributed by atoms with van der Waals surface area (Å²) in [6, 6.07) is 6.86. The largest absolute Gasteiger partial charge is 0.356 e. The molecule has 1 saturated carbocycles. The maximum absolute atomic E-state index is 13.1. The number of aliphatic imine (C=N–C) groups is 1. The molecule has 0 saturated heterocycles. The van der Waals surface area contributed by atoms with Crippen LogP contribution in [0.15, 0.2) is 29.3 Å². The van der Waals surface area contributed by atoms with Crippen LogP contribution in [0.1, 0.15) is 34.0 Å². The second-order valence-electron chi connectivity index (χ2n) is 6.32. The van der Waals surface area contributed by atoms with Gasteiger partial charge in [0, 0.05) is 23.9 Å². The van der Waals surface area contributed by atoms with Gasteiger partial charge in [0.25, 0.3) is 0 Å². The first kappa shape index (κ1) is 16.9. The minimum absolute atomic E-state index is 0.111. The molecule has 0 aliphatic heterocycles. The summed E-state index contributed by atoms with van der Waals surface area (Å²) in [5.41, 5.74) is 2.39. The Labute approximate surface area is 146 Å². The Kier molecular flexibility index (Phi) is 4.85. The van der Waals surface area contributed by atoms with Crippen LogP contribution in [0.2, 0.25) is 0 Å². The fraction of sp³-hybridized carbons (Fsp3) is 0.444. The smallest absolute Gasteiger partial charge is 0.191 e. The zero-order valence-corrected chi connectivity index (χ0v) is 15.1. The normalized spacial score (nSPS) is 16.1. The van der Waals surface area contributed by atoms with Crippen molar-refractivity contribution in [3.05, 3.63) is 51.2 Å². The van der Waals surface area contributed by atoms with E-state index < -0.39 is 0 Å². The predicted octanol–water partition coefficient (Wildman–Crippen LogP) is 3.30. The lowest BCUT2D eigenvalue weighted by Gasteiger charge is -2.19. The SMILES string of the molecule is CN=C(NCc1nc(C)c(C)s1)NCC1(c2ccc(F)cc2)CC1. The van der Waals surface area contributed by atoms with Gasteiger partial charge in [-0.3, -0.25) is 4.99 Å². The predicted molar refractivity (Wildman–Crippen MR) is 97.1 cm³/mol. The Hall–Kier alpha value is -1.95. The first-order valence-corrected chi connectivity index (χ1v) is 8.97. The third kappa shape index (κ3) is 3.75. The van der Waals surface area contributed by atoms with E-state index in [4.69, 9.17) is 0 Å². The van der Waals surface area contributed by atoms with Gasteiger partial charge < -0.3 is 10.6 Å². The van der Waals surface area contributed by atoms with Crippen LogP contribution >= 0.6 is 11.3 Å². The molecule has 1 heterocycles. The van der Waals surface area contributed by atoms with Gasteiger partial charge in [-0.05, 0) is 44.4 Å². The summed E-state index contributed by atoms with van der Waals surface area (Å²) in [6.07, 6.45) is 2.24. The number of nitrogens with zero attached hydrogens (tertiary/aromatic N) is 2. The first-order chi connectivity index (χ1) is 11.5. The van der Waals surface area contributed by atoms with Crippen LogP contribution in [0, 0.1) is 19.7 Å². The van der Waals surface area contributed by atoms with E-state index in [1.54, 1.807) is 18.4 Å². The highest BCUT2D eigenvalue weighted by Crippen LogP contribution is 2.47. The van der Waals surface area contributed by atoms with Crippen molar-refractivity contribution >= 4 is 17.3 Å². The maximum Gasteiger partial charge on any atom is 0.191 e. The molecule has 0 unspecified atom stereocenters. The van der Waals surface area contributed by atoms with Crippen molar-refractivity contribution in [3.63, 3.8) is 0 Å². The van der Waals surface area contributed by atoms with E-state index in [0.29, 0.717) is 6.54 Å². The number of rotatable bonds is 5. The number of aryl methyl sites for hydroxylation is 2. The van der Waals surface area contributed by atoms with Gasteiger partial charge in [0.15, 0.2) is 5.96 Å². The monoisotopic (exact) mass is 346 g/mol. The highest BCUT2D eigenvalue weighted by atomic mass is 32.1. The van der Waals surface area contributed by atoms with Crippen molar-refractivity contribution in [1.29, 1.82) is 0 Å². The lowest BCUT2D eigenvalue weighted by molar-refractivity contribution is 0.617. The van der Waals surface area contributed by atoms with E-state index in [0.717, 1.165) is 36.0 Å². The second-order valence-corrected chi connectivity index (χ2v) is 7.60. The second kappa shape index (κ2) is 6.89. The van der Waals surface area contributed by atoms with Gasteiger partial charge in [0.1, 0.15) is 10.8 Å². The molecule has 1 aliphatic rings. The molecule has 4 nitrogen and oxygen atoms in total. The number of guanidine groups is 1. The molecule has 1 aliphatic carbocycles.